The van der Waals surface area contributed by atoms with E-state index in [4.69, 9.17) is 5.39 Å². The molecule has 3 aromatic rings. The molecular weight excluding hydrogens is 278 g/mol. The van der Waals surface area contributed by atoms with Crippen molar-refractivity contribution in [1.29, 1.82) is 5.39 Å². The van der Waals surface area contributed by atoms with Gasteiger partial charge in [0.1, 0.15) is 5.75 Å². The lowest BCUT2D eigenvalue weighted by Gasteiger charge is -2.08. The summed E-state index contributed by atoms with van der Waals surface area (Å²) < 4.78 is 0. The van der Waals surface area contributed by atoms with Crippen molar-refractivity contribution in [1.82, 2.24) is 0 Å². The first-order chi connectivity index (χ1) is 10.7. The summed E-state index contributed by atoms with van der Waals surface area (Å²) in [4.78, 5) is 15.4. The van der Waals surface area contributed by atoms with E-state index in [-0.39, 0.29) is 11.3 Å². The Morgan fingerprint density at radius 3 is 2.45 bits per heavy atom. The highest BCUT2D eigenvalue weighted by Gasteiger charge is 2.14. The van der Waals surface area contributed by atoms with Crippen LogP contribution in [0.25, 0.3) is 15.7 Å². The second-order valence-corrected chi connectivity index (χ2v) is 4.82. The number of hydrogen-bond donors (Lipinski definition) is 2. The van der Waals surface area contributed by atoms with E-state index < -0.39 is 5.91 Å². The fourth-order valence-corrected chi connectivity index (χ4v) is 2.25. The van der Waals surface area contributed by atoms with Gasteiger partial charge in [0, 0.05) is 11.8 Å². The number of carbonyl (C=O) groups is 1. The molecule has 0 saturated carbocycles. The Morgan fingerprint density at radius 1 is 1.00 bits per heavy atom. The van der Waals surface area contributed by atoms with Crippen LogP contribution >= 0.6 is 0 Å². The molecule has 0 aromatic heterocycles. The smallest absolute Gasteiger partial charge is 0.387 e. The van der Waals surface area contributed by atoms with Crippen molar-refractivity contribution in [2.24, 2.45) is 0 Å². The van der Waals surface area contributed by atoms with Gasteiger partial charge in [0.15, 0.2) is 4.98 Å². The van der Waals surface area contributed by atoms with Crippen molar-refractivity contribution in [2.75, 3.05) is 5.32 Å². The minimum absolute atomic E-state index is 0.0841. The Labute approximate surface area is 126 Å². The third kappa shape index (κ3) is 2.58. The maximum atomic E-state index is 12.3. The van der Waals surface area contributed by atoms with Gasteiger partial charge in [-0.3, -0.25) is 4.79 Å². The normalized spacial score (nSPS) is 10.1. The Bertz CT molecular complexity index is 913. The first-order valence-electron chi connectivity index (χ1n) is 6.65. The summed E-state index contributed by atoms with van der Waals surface area (Å²) >= 11 is 0. The number of phenols is 1. The van der Waals surface area contributed by atoms with Crippen LogP contribution in [0.15, 0.2) is 60.7 Å². The summed E-state index contributed by atoms with van der Waals surface area (Å²) in [6, 6.07) is 17.1. The highest BCUT2D eigenvalue weighted by atomic mass is 16.3. The monoisotopic (exact) mass is 290 g/mol. The average Bonchev–Trinajstić information content (AvgIpc) is 2.54. The molecule has 22 heavy (non-hydrogen) atoms. The van der Waals surface area contributed by atoms with Gasteiger partial charge in [-0.15, -0.1) is 0 Å². The van der Waals surface area contributed by atoms with Crippen LogP contribution in [0, 0.1) is 5.39 Å². The molecule has 0 radical (unpaired) electrons. The summed E-state index contributed by atoms with van der Waals surface area (Å²) in [5.41, 5.74) is 0.999. The molecular formula is C17H12N3O2+. The lowest BCUT2D eigenvalue weighted by Crippen LogP contribution is -2.12. The Hall–Kier alpha value is -3.39. The average molecular weight is 290 g/mol. The Morgan fingerprint density at radius 2 is 1.73 bits per heavy atom. The zero-order valence-corrected chi connectivity index (χ0v) is 11.5. The van der Waals surface area contributed by atoms with Crippen molar-refractivity contribution in [3.05, 3.63) is 71.2 Å². The van der Waals surface area contributed by atoms with Crippen molar-refractivity contribution < 1.29 is 9.90 Å². The number of carbonyl (C=O) groups excluding carboxylic acids is 1. The Balaban J connectivity index is 1.95. The fourth-order valence-electron chi connectivity index (χ4n) is 2.25. The van der Waals surface area contributed by atoms with Crippen LogP contribution in [0.4, 0.5) is 11.4 Å². The zero-order valence-electron chi connectivity index (χ0n) is 11.5. The van der Waals surface area contributed by atoms with Gasteiger partial charge >= 0.3 is 5.69 Å². The van der Waals surface area contributed by atoms with E-state index >= 15 is 0 Å². The highest BCUT2D eigenvalue weighted by Crippen LogP contribution is 2.26. The number of benzene rings is 3. The summed E-state index contributed by atoms with van der Waals surface area (Å²) in [5.74, 6) is -0.516. The van der Waals surface area contributed by atoms with Crippen LogP contribution in [0.5, 0.6) is 5.75 Å². The Kier molecular flexibility index (Phi) is 3.42. The van der Waals surface area contributed by atoms with Gasteiger partial charge in [-0.1, -0.05) is 30.3 Å². The van der Waals surface area contributed by atoms with Gasteiger partial charge in [-0.05, 0) is 29.0 Å². The summed E-state index contributed by atoms with van der Waals surface area (Å²) in [5, 5.41) is 23.2. The second-order valence-electron chi connectivity index (χ2n) is 4.82. The maximum absolute atomic E-state index is 12.3. The summed E-state index contributed by atoms with van der Waals surface area (Å²) in [7, 11) is 0. The van der Waals surface area contributed by atoms with Crippen LogP contribution in [0.3, 0.4) is 0 Å². The van der Waals surface area contributed by atoms with Crippen LogP contribution in [-0.2, 0) is 0 Å². The largest absolute Gasteiger partial charge is 0.507 e. The zero-order chi connectivity index (χ0) is 15.5. The van der Waals surface area contributed by atoms with Crippen LogP contribution < -0.4 is 5.32 Å². The summed E-state index contributed by atoms with van der Waals surface area (Å²) in [6.07, 6.45) is 0. The number of anilines is 1. The quantitative estimate of drug-likeness (QED) is 0.691. The van der Waals surface area contributed by atoms with Crippen LogP contribution in [0.1, 0.15) is 10.4 Å². The number of phenolic OH excluding ortho intramolecular Hbond substituents is 1. The molecule has 106 valence electrons. The van der Waals surface area contributed by atoms with E-state index in [1.165, 1.54) is 6.07 Å². The minimum Gasteiger partial charge on any atom is -0.507 e. The van der Waals surface area contributed by atoms with E-state index in [0.29, 0.717) is 11.4 Å². The van der Waals surface area contributed by atoms with Crippen LogP contribution in [0.2, 0.25) is 0 Å². The first kappa shape index (κ1) is 13.6. The molecule has 0 aliphatic rings. The molecule has 0 saturated heterocycles. The molecule has 0 unspecified atom stereocenters. The molecule has 5 nitrogen and oxygen atoms in total. The first-order valence-corrected chi connectivity index (χ1v) is 6.65. The summed E-state index contributed by atoms with van der Waals surface area (Å²) in [6.45, 7) is 0. The SMILES string of the molecule is N#[N+]c1cccc(NC(=O)c2cc3ccccc3cc2O)c1. The van der Waals surface area contributed by atoms with Crippen molar-refractivity contribution in [3.8, 4) is 5.75 Å². The van der Waals surface area contributed by atoms with Gasteiger partial charge in [0.25, 0.3) is 5.91 Å². The molecule has 0 aliphatic carbocycles. The number of nitrogens with one attached hydrogen (secondary N) is 1. The molecule has 3 rings (SSSR count). The number of amides is 1. The maximum Gasteiger partial charge on any atom is 0.387 e. The van der Waals surface area contributed by atoms with E-state index in [2.05, 4.69) is 10.3 Å². The van der Waals surface area contributed by atoms with Crippen molar-refractivity contribution in [2.45, 2.75) is 0 Å². The number of rotatable bonds is 2. The number of nitrogens with zero attached hydrogens (tertiary/aromatic N) is 2. The number of hydrogen-bond acceptors (Lipinski definition) is 3. The number of fused-ring (bicyclic) bond motifs is 1. The third-order valence-corrected chi connectivity index (χ3v) is 3.33. The molecule has 0 bridgehead atoms. The lowest BCUT2D eigenvalue weighted by molar-refractivity contribution is 0.102. The highest BCUT2D eigenvalue weighted by molar-refractivity contribution is 6.08. The predicted octanol–water partition coefficient (Wildman–Crippen LogP) is 4.28. The van der Waals surface area contributed by atoms with Crippen molar-refractivity contribution in [3.63, 3.8) is 0 Å². The van der Waals surface area contributed by atoms with Gasteiger partial charge in [0.05, 0.1) is 11.6 Å². The van der Waals surface area contributed by atoms with Crippen molar-refractivity contribution >= 4 is 28.1 Å². The topological polar surface area (TPSA) is 77.5 Å². The van der Waals surface area contributed by atoms with E-state index in [0.717, 1.165) is 10.8 Å². The molecule has 0 spiro atoms. The standard InChI is InChI=1S/C17H11N3O2/c18-20-14-7-3-6-13(10-14)19-17(22)15-8-11-4-1-2-5-12(11)9-16(15)21/h1-10H,(H-,19,21,22)/p+1. The molecule has 2 N–H and O–H groups in total. The second kappa shape index (κ2) is 5.54. The number of diazo groups is 1. The van der Waals surface area contributed by atoms with Gasteiger partial charge < -0.3 is 10.4 Å². The third-order valence-electron chi connectivity index (χ3n) is 3.33. The minimum atomic E-state index is -0.432. The lowest BCUT2D eigenvalue weighted by atomic mass is 10.1. The molecule has 5 heteroatoms. The molecule has 3 aromatic carbocycles. The van der Waals surface area contributed by atoms with Gasteiger partial charge in [-0.2, -0.15) is 0 Å². The van der Waals surface area contributed by atoms with E-state index in [1.807, 2.05) is 24.3 Å². The molecule has 1 amide bonds. The van der Waals surface area contributed by atoms with Gasteiger partial charge in [0.2, 0.25) is 5.39 Å². The molecule has 0 heterocycles. The van der Waals surface area contributed by atoms with Crippen LogP contribution in [-0.4, -0.2) is 11.0 Å². The number of aromatic hydroxyl groups is 1. The van der Waals surface area contributed by atoms with E-state index in [9.17, 15) is 9.90 Å². The predicted molar refractivity (Wildman–Crippen MR) is 84.8 cm³/mol. The molecule has 0 aliphatic heterocycles. The van der Waals surface area contributed by atoms with Gasteiger partial charge in [-0.25, -0.2) is 0 Å². The fraction of sp³-hybridized carbons (Fsp3) is 0. The van der Waals surface area contributed by atoms with E-state index in [1.54, 1.807) is 30.3 Å². The molecule has 0 fully saturated rings. The molecule has 0 atom stereocenters.